The maximum atomic E-state index is 12.3. The van der Waals surface area contributed by atoms with E-state index in [0.29, 0.717) is 5.78 Å². The summed E-state index contributed by atoms with van der Waals surface area (Å²) >= 11 is 0. The van der Waals surface area contributed by atoms with Crippen LogP contribution in [0.3, 0.4) is 0 Å². The Morgan fingerprint density at radius 2 is 1.47 bits per heavy atom. The molecule has 0 aromatic carbocycles. The lowest BCUT2D eigenvalue weighted by molar-refractivity contribution is -0.119. The third-order valence-electron chi connectivity index (χ3n) is 4.36. The van der Waals surface area contributed by atoms with E-state index in [1.807, 2.05) is 0 Å². The topological polar surface area (TPSA) is 23.6 Å². The molecule has 1 aliphatic carbocycles. The molecule has 2 fully saturated rings. The van der Waals surface area contributed by atoms with E-state index < -0.39 is 0 Å². The van der Waals surface area contributed by atoms with Crippen molar-refractivity contribution in [2.24, 2.45) is 5.92 Å². The lowest BCUT2D eigenvalue weighted by Gasteiger charge is -2.25. The molecule has 94 valence electrons. The SMILES string of the molecule is CC1CC(N2CCCC2)=C(N2CCCC2)C1=O. The second-order valence-electron chi connectivity index (χ2n) is 5.65. The van der Waals surface area contributed by atoms with Crippen molar-refractivity contribution in [1.29, 1.82) is 0 Å². The van der Waals surface area contributed by atoms with Gasteiger partial charge >= 0.3 is 0 Å². The molecular formula is C14H22N2O. The van der Waals surface area contributed by atoms with E-state index in [4.69, 9.17) is 0 Å². The largest absolute Gasteiger partial charge is 0.373 e. The fourth-order valence-corrected chi connectivity index (χ4v) is 3.40. The molecular weight excluding hydrogens is 212 g/mol. The second-order valence-corrected chi connectivity index (χ2v) is 5.65. The van der Waals surface area contributed by atoms with Crippen molar-refractivity contribution < 1.29 is 4.79 Å². The molecule has 2 saturated heterocycles. The number of hydrogen-bond acceptors (Lipinski definition) is 3. The summed E-state index contributed by atoms with van der Waals surface area (Å²) in [6.07, 6.45) is 6.06. The standard InChI is InChI=1S/C14H22N2O/c1-11-10-12(15-6-2-3-7-15)13(14(11)17)16-8-4-5-9-16/h11H,2-10H2,1H3. The van der Waals surface area contributed by atoms with Gasteiger partial charge in [-0.25, -0.2) is 0 Å². The number of rotatable bonds is 2. The monoisotopic (exact) mass is 234 g/mol. The van der Waals surface area contributed by atoms with Crippen molar-refractivity contribution in [3.05, 3.63) is 11.4 Å². The smallest absolute Gasteiger partial charge is 0.183 e. The van der Waals surface area contributed by atoms with Gasteiger partial charge in [-0.1, -0.05) is 6.92 Å². The van der Waals surface area contributed by atoms with Gasteiger partial charge in [0.1, 0.15) is 5.70 Å². The summed E-state index contributed by atoms with van der Waals surface area (Å²) in [4.78, 5) is 17.1. The number of ketones is 1. The third kappa shape index (κ3) is 1.85. The zero-order chi connectivity index (χ0) is 11.8. The van der Waals surface area contributed by atoms with E-state index in [9.17, 15) is 4.79 Å². The summed E-state index contributed by atoms with van der Waals surface area (Å²) in [5, 5.41) is 0. The summed E-state index contributed by atoms with van der Waals surface area (Å²) in [6.45, 7) is 6.58. The molecule has 0 aromatic rings. The Balaban J connectivity index is 1.90. The van der Waals surface area contributed by atoms with Crippen LogP contribution < -0.4 is 0 Å². The molecule has 3 rings (SSSR count). The predicted molar refractivity (Wildman–Crippen MR) is 67.4 cm³/mol. The molecule has 0 amide bonds. The Bertz CT molecular complexity index is 349. The van der Waals surface area contributed by atoms with Gasteiger partial charge in [0, 0.05) is 37.8 Å². The Labute approximate surface area is 103 Å². The molecule has 0 spiro atoms. The average Bonchev–Trinajstić information content (AvgIpc) is 3.01. The average molecular weight is 234 g/mol. The molecule has 2 aliphatic heterocycles. The molecule has 0 saturated carbocycles. The number of carbonyl (C=O) groups excluding carboxylic acids is 1. The fourth-order valence-electron chi connectivity index (χ4n) is 3.40. The minimum absolute atomic E-state index is 0.209. The second kappa shape index (κ2) is 4.35. The molecule has 1 unspecified atom stereocenters. The lowest BCUT2D eigenvalue weighted by Crippen LogP contribution is -2.28. The zero-order valence-electron chi connectivity index (χ0n) is 10.7. The molecule has 0 aromatic heterocycles. The fraction of sp³-hybridized carbons (Fsp3) is 0.786. The Morgan fingerprint density at radius 1 is 0.941 bits per heavy atom. The van der Waals surface area contributed by atoms with Crippen molar-refractivity contribution in [2.75, 3.05) is 26.2 Å². The van der Waals surface area contributed by atoms with Gasteiger partial charge in [-0.2, -0.15) is 0 Å². The summed E-state index contributed by atoms with van der Waals surface area (Å²) in [5.74, 6) is 0.606. The van der Waals surface area contributed by atoms with Crippen LogP contribution in [-0.2, 0) is 4.79 Å². The van der Waals surface area contributed by atoms with Gasteiger partial charge in [0.15, 0.2) is 5.78 Å². The van der Waals surface area contributed by atoms with Crippen LogP contribution in [0.2, 0.25) is 0 Å². The molecule has 0 N–H and O–H groups in total. The predicted octanol–water partition coefficient (Wildman–Crippen LogP) is 2.00. The van der Waals surface area contributed by atoms with Crippen molar-refractivity contribution in [3.63, 3.8) is 0 Å². The van der Waals surface area contributed by atoms with Crippen LogP contribution in [0.4, 0.5) is 0 Å². The van der Waals surface area contributed by atoms with Gasteiger partial charge in [-0.3, -0.25) is 4.79 Å². The number of allylic oxidation sites excluding steroid dienone is 2. The highest BCUT2D eigenvalue weighted by molar-refractivity contribution is 5.99. The number of likely N-dealkylation sites (tertiary alicyclic amines) is 2. The molecule has 17 heavy (non-hydrogen) atoms. The molecule has 1 atom stereocenters. The third-order valence-corrected chi connectivity index (χ3v) is 4.36. The zero-order valence-corrected chi connectivity index (χ0v) is 10.7. The van der Waals surface area contributed by atoms with Gasteiger partial charge in [0.25, 0.3) is 0 Å². The highest BCUT2D eigenvalue weighted by Gasteiger charge is 2.37. The summed E-state index contributed by atoms with van der Waals surface area (Å²) < 4.78 is 0. The van der Waals surface area contributed by atoms with Gasteiger partial charge in [0.05, 0.1) is 0 Å². The normalized spacial score (nSPS) is 29.9. The van der Waals surface area contributed by atoms with Crippen molar-refractivity contribution in [2.45, 2.75) is 39.0 Å². The van der Waals surface area contributed by atoms with Crippen LogP contribution in [0.5, 0.6) is 0 Å². The lowest BCUT2D eigenvalue weighted by atomic mass is 10.1. The van der Waals surface area contributed by atoms with E-state index in [1.165, 1.54) is 31.4 Å². The quantitative estimate of drug-likeness (QED) is 0.730. The van der Waals surface area contributed by atoms with Crippen LogP contribution in [0.1, 0.15) is 39.0 Å². The number of hydrogen-bond donors (Lipinski definition) is 0. The highest BCUT2D eigenvalue weighted by Crippen LogP contribution is 2.35. The van der Waals surface area contributed by atoms with E-state index in [-0.39, 0.29) is 5.92 Å². The minimum atomic E-state index is 0.209. The Morgan fingerprint density at radius 3 is 2.06 bits per heavy atom. The molecule has 3 nitrogen and oxygen atoms in total. The molecule has 0 bridgehead atoms. The molecule has 2 heterocycles. The number of nitrogens with zero attached hydrogens (tertiary/aromatic N) is 2. The summed E-state index contributed by atoms with van der Waals surface area (Å²) in [7, 11) is 0. The van der Waals surface area contributed by atoms with Crippen molar-refractivity contribution in [1.82, 2.24) is 9.80 Å². The summed E-state index contributed by atoms with van der Waals surface area (Å²) in [6, 6.07) is 0. The van der Waals surface area contributed by atoms with Crippen LogP contribution in [0, 0.1) is 5.92 Å². The molecule has 0 radical (unpaired) electrons. The van der Waals surface area contributed by atoms with E-state index in [0.717, 1.165) is 38.3 Å². The first-order chi connectivity index (χ1) is 8.27. The summed E-state index contributed by atoms with van der Waals surface area (Å²) in [5.41, 5.74) is 2.44. The number of Topliss-reactive ketones (excluding diaryl/α,β-unsaturated/α-hetero) is 1. The van der Waals surface area contributed by atoms with Crippen LogP contribution in [0.25, 0.3) is 0 Å². The van der Waals surface area contributed by atoms with E-state index in [1.54, 1.807) is 0 Å². The van der Waals surface area contributed by atoms with Gasteiger partial charge in [0.2, 0.25) is 0 Å². The first-order valence-electron chi connectivity index (χ1n) is 7.04. The van der Waals surface area contributed by atoms with Crippen LogP contribution in [-0.4, -0.2) is 41.8 Å². The van der Waals surface area contributed by atoms with Crippen molar-refractivity contribution in [3.8, 4) is 0 Å². The van der Waals surface area contributed by atoms with E-state index in [2.05, 4.69) is 16.7 Å². The first-order valence-corrected chi connectivity index (χ1v) is 7.04. The first kappa shape index (κ1) is 11.1. The van der Waals surface area contributed by atoms with Crippen molar-refractivity contribution >= 4 is 5.78 Å². The van der Waals surface area contributed by atoms with Gasteiger partial charge in [-0.05, 0) is 32.1 Å². The molecule has 3 aliphatic rings. The Hall–Kier alpha value is -0.990. The minimum Gasteiger partial charge on any atom is -0.373 e. The Kier molecular flexibility index (Phi) is 2.85. The number of carbonyl (C=O) groups is 1. The molecule has 3 heteroatoms. The van der Waals surface area contributed by atoms with Crippen LogP contribution >= 0.6 is 0 Å². The van der Waals surface area contributed by atoms with E-state index >= 15 is 0 Å². The van der Waals surface area contributed by atoms with Gasteiger partial charge in [-0.15, -0.1) is 0 Å². The maximum Gasteiger partial charge on any atom is 0.183 e. The highest BCUT2D eigenvalue weighted by atomic mass is 16.1. The van der Waals surface area contributed by atoms with Gasteiger partial charge < -0.3 is 9.80 Å². The maximum absolute atomic E-state index is 12.3. The van der Waals surface area contributed by atoms with Crippen LogP contribution in [0.15, 0.2) is 11.4 Å².